The van der Waals surface area contributed by atoms with Crippen LogP contribution in [0.25, 0.3) is 11.2 Å². The molecule has 0 fully saturated rings. The fourth-order valence-electron chi connectivity index (χ4n) is 3.45. The van der Waals surface area contributed by atoms with Gasteiger partial charge in [0.25, 0.3) is 0 Å². The van der Waals surface area contributed by atoms with Crippen molar-refractivity contribution in [2.45, 2.75) is 12.5 Å². The van der Waals surface area contributed by atoms with E-state index < -0.39 is 22.3 Å². The summed E-state index contributed by atoms with van der Waals surface area (Å²) in [5, 5.41) is 4.79. The Morgan fingerprint density at radius 2 is 2.00 bits per heavy atom. The number of halogens is 2. The first kappa shape index (κ1) is 24.5. The first-order valence-corrected chi connectivity index (χ1v) is 12.4. The van der Waals surface area contributed by atoms with Gasteiger partial charge in [0.05, 0.1) is 19.8 Å². The van der Waals surface area contributed by atoms with Gasteiger partial charge in [0.1, 0.15) is 23.8 Å². The molecular weight excluding hydrogens is 586 g/mol. The highest BCUT2D eigenvalue weighted by Gasteiger charge is 2.32. The number of aromatic nitrogens is 4. The lowest BCUT2D eigenvalue weighted by Gasteiger charge is -2.20. The first-order valence-electron chi connectivity index (χ1n) is 9.87. The van der Waals surface area contributed by atoms with Crippen molar-refractivity contribution in [1.29, 1.82) is 0 Å². The molecule has 0 radical (unpaired) electrons. The van der Waals surface area contributed by atoms with Crippen LogP contribution in [0.15, 0.2) is 36.3 Å². The van der Waals surface area contributed by atoms with Crippen molar-refractivity contribution in [3.63, 3.8) is 0 Å². The minimum absolute atomic E-state index is 0.0357. The molecule has 3 heterocycles. The van der Waals surface area contributed by atoms with Crippen molar-refractivity contribution in [3.8, 4) is 0 Å². The summed E-state index contributed by atoms with van der Waals surface area (Å²) in [6.45, 7) is 0.0618. The predicted molar refractivity (Wildman–Crippen MR) is 126 cm³/mol. The topological polar surface area (TPSA) is 167 Å². The van der Waals surface area contributed by atoms with Gasteiger partial charge in [0, 0.05) is 10.1 Å². The van der Waals surface area contributed by atoms with E-state index in [1.165, 1.54) is 6.26 Å². The van der Waals surface area contributed by atoms with E-state index in [9.17, 15) is 12.8 Å². The first-order chi connectivity index (χ1) is 16.2. The molecule has 15 heteroatoms. The number of nitrogen functional groups attached to an aromatic ring is 1. The average molecular weight is 606 g/mol. The SMILES string of the molecule is Nc1nc(F)nc2c1nc(C(C1=COCO1)c1ccccc1I)n2CCOCCOS(N)(=O)=O. The van der Waals surface area contributed by atoms with Crippen LogP contribution in [0, 0.1) is 9.65 Å². The average Bonchev–Trinajstić information content (AvgIpc) is 3.41. The van der Waals surface area contributed by atoms with E-state index in [0.717, 1.165) is 9.13 Å². The standard InChI is InChI=1S/C19H20FIN6O6S/c20-19-25-16(22)15-18(26-19)27(5-6-30-7-8-33-34(23,28)29)17(24-15)14(13-9-31-10-32-13)11-3-1-2-4-12(11)21/h1-4,9,14H,5-8,10H2,(H2,22,25,26)(H2,23,28,29). The summed E-state index contributed by atoms with van der Waals surface area (Å²) < 4.78 is 59.3. The normalized spacial score (nSPS) is 14.6. The van der Waals surface area contributed by atoms with Crippen molar-refractivity contribution in [1.82, 2.24) is 19.5 Å². The van der Waals surface area contributed by atoms with Gasteiger partial charge in [-0.2, -0.15) is 22.8 Å². The van der Waals surface area contributed by atoms with Crippen molar-refractivity contribution < 1.29 is 31.2 Å². The zero-order valence-corrected chi connectivity index (χ0v) is 20.5. The minimum Gasteiger partial charge on any atom is -0.462 e. The molecule has 1 atom stereocenters. The summed E-state index contributed by atoms with van der Waals surface area (Å²) in [6.07, 6.45) is 0.513. The predicted octanol–water partition coefficient (Wildman–Crippen LogP) is 1.37. The van der Waals surface area contributed by atoms with E-state index >= 15 is 0 Å². The quantitative estimate of drug-likeness (QED) is 0.196. The Kier molecular flexibility index (Phi) is 7.46. The monoisotopic (exact) mass is 606 g/mol. The lowest BCUT2D eigenvalue weighted by Crippen LogP contribution is -2.20. The summed E-state index contributed by atoms with van der Waals surface area (Å²) >= 11 is 2.21. The Balaban J connectivity index is 1.72. The molecule has 182 valence electrons. The Bertz CT molecular complexity index is 1330. The fraction of sp³-hybridized carbons (Fsp3) is 0.316. The Labute approximate surface area is 207 Å². The second kappa shape index (κ2) is 10.3. The summed E-state index contributed by atoms with van der Waals surface area (Å²) in [4.78, 5) is 12.1. The number of hydrogen-bond acceptors (Lipinski definition) is 10. The number of nitrogens with two attached hydrogens (primary N) is 2. The van der Waals surface area contributed by atoms with Gasteiger partial charge in [0.15, 0.2) is 17.0 Å². The Morgan fingerprint density at radius 3 is 2.71 bits per heavy atom. The molecule has 0 saturated carbocycles. The number of hydrogen-bond donors (Lipinski definition) is 2. The summed E-state index contributed by atoms with van der Waals surface area (Å²) in [7, 11) is -4.06. The number of ether oxygens (including phenoxy) is 3. The van der Waals surface area contributed by atoms with Gasteiger partial charge in [-0.3, -0.25) is 4.18 Å². The van der Waals surface area contributed by atoms with E-state index in [-0.39, 0.29) is 50.1 Å². The van der Waals surface area contributed by atoms with Gasteiger partial charge < -0.3 is 24.5 Å². The smallest absolute Gasteiger partial charge is 0.333 e. The molecule has 4 rings (SSSR count). The number of rotatable bonds is 10. The number of benzene rings is 1. The van der Waals surface area contributed by atoms with Crippen LogP contribution in [-0.2, 0) is 35.2 Å². The Hall–Kier alpha value is -2.60. The highest BCUT2D eigenvalue weighted by atomic mass is 127. The van der Waals surface area contributed by atoms with Crippen LogP contribution in [0.2, 0.25) is 0 Å². The van der Waals surface area contributed by atoms with Crippen LogP contribution < -0.4 is 10.9 Å². The van der Waals surface area contributed by atoms with Gasteiger partial charge >= 0.3 is 16.4 Å². The van der Waals surface area contributed by atoms with Crippen molar-refractivity contribution in [2.24, 2.45) is 5.14 Å². The van der Waals surface area contributed by atoms with Crippen LogP contribution in [0.5, 0.6) is 0 Å². The van der Waals surface area contributed by atoms with E-state index in [2.05, 4.69) is 41.7 Å². The molecule has 0 bridgehead atoms. The minimum atomic E-state index is -4.06. The second-order valence-corrected chi connectivity index (χ2v) is 9.39. The number of nitrogens with zero attached hydrogens (tertiary/aromatic N) is 4. The van der Waals surface area contributed by atoms with Crippen LogP contribution in [0.3, 0.4) is 0 Å². The van der Waals surface area contributed by atoms with Gasteiger partial charge in [-0.25, -0.2) is 10.1 Å². The van der Waals surface area contributed by atoms with E-state index in [1.807, 2.05) is 24.3 Å². The van der Waals surface area contributed by atoms with Gasteiger partial charge in [0.2, 0.25) is 6.79 Å². The molecular formula is C19H20FIN6O6S. The number of anilines is 1. The molecule has 1 aliphatic heterocycles. The summed E-state index contributed by atoms with van der Waals surface area (Å²) in [5.74, 6) is 0.351. The van der Waals surface area contributed by atoms with Crippen LogP contribution >= 0.6 is 22.6 Å². The van der Waals surface area contributed by atoms with E-state index in [0.29, 0.717) is 11.6 Å². The molecule has 4 N–H and O–H groups in total. The van der Waals surface area contributed by atoms with Crippen LogP contribution in [0.4, 0.5) is 10.2 Å². The van der Waals surface area contributed by atoms with Crippen molar-refractivity contribution in [3.05, 3.63) is 57.3 Å². The third-order valence-electron chi connectivity index (χ3n) is 4.81. The third-order valence-corrected chi connectivity index (χ3v) is 6.29. The van der Waals surface area contributed by atoms with Gasteiger partial charge in [-0.05, 0) is 34.2 Å². The number of fused-ring (bicyclic) bond motifs is 1. The van der Waals surface area contributed by atoms with Crippen LogP contribution in [-0.4, -0.2) is 54.6 Å². The summed E-state index contributed by atoms with van der Waals surface area (Å²) in [6, 6.07) is 7.66. The molecule has 2 aromatic heterocycles. The molecule has 3 aromatic rings. The summed E-state index contributed by atoms with van der Waals surface area (Å²) in [5.41, 5.74) is 7.23. The number of allylic oxidation sites excluding steroid dienone is 1. The maximum atomic E-state index is 14.1. The molecule has 1 aromatic carbocycles. The lowest BCUT2D eigenvalue weighted by atomic mass is 9.96. The van der Waals surface area contributed by atoms with Crippen molar-refractivity contribution in [2.75, 3.05) is 32.3 Å². The maximum Gasteiger partial charge on any atom is 0.333 e. The fourth-order valence-corrected chi connectivity index (χ4v) is 4.45. The zero-order valence-electron chi connectivity index (χ0n) is 17.6. The number of imidazole rings is 1. The van der Waals surface area contributed by atoms with Crippen molar-refractivity contribution >= 4 is 49.9 Å². The third kappa shape index (κ3) is 5.54. The van der Waals surface area contributed by atoms with Gasteiger partial charge in [-0.1, -0.05) is 18.2 Å². The molecule has 0 spiro atoms. The highest BCUT2D eigenvalue weighted by Crippen LogP contribution is 2.38. The molecule has 0 aliphatic carbocycles. The maximum absolute atomic E-state index is 14.1. The second-order valence-electron chi connectivity index (χ2n) is 7.00. The highest BCUT2D eigenvalue weighted by molar-refractivity contribution is 14.1. The lowest BCUT2D eigenvalue weighted by molar-refractivity contribution is 0.0760. The van der Waals surface area contributed by atoms with E-state index in [1.54, 1.807) is 4.57 Å². The van der Waals surface area contributed by atoms with E-state index in [4.69, 9.17) is 25.1 Å². The zero-order chi connectivity index (χ0) is 24.3. The van der Waals surface area contributed by atoms with Crippen LogP contribution in [0.1, 0.15) is 17.3 Å². The molecule has 12 nitrogen and oxygen atoms in total. The molecule has 1 aliphatic rings. The molecule has 0 saturated heterocycles. The van der Waals surface area contributed by atoms with Gasteiger partial charge in [-0.15, -0.1) is 0 Å². The molecule has 34 heavy (non-hydrogen) atoms. The molecule has 0 amide bonds. The molecule has 1 unspecified atom stereocenters. The Morgan fingerprint density at radius 1 is 1.21 bits per heavy atom. The largest absolute Gasteiger partial charge is 0.462 e.